The number of benzene rings is 1. The summed E-state index contributed by atoms with van der Waals surface area (Å²) in [7, 11) is 0. The molecule has 0 aromatic heterocycles. The fraction of sp³-hybridized carbons (Fsp3) is 0.600. The molecule has 4 nitrogen and oxygen atoms in total. The number of thioether (sulfide) groups is 4. The van der Waals surface area contributed by atoms with E-state index in [2.05, 4.69) is 38.6 Å². The number of ether oxygens (including phenoxy) is 2. The van der Waals surface area contributed by atoms with Crippen LogP contribution < -0.4 is 9.47 Å². The molecule has 0 spiro atoms. The molecule has 0 amide bonds. The third-order valence-corrected chi connectivity index (χ3v) is 12.5. The zero-order valence-electron chi connectivity index (χ0n) is 23.6. The molecule has 3 rings (SSSR count). The summed E-state index contributed by atoms with van der Waals surface area (Å²) in [4.78, 5) is 8.00. The monoisotopic (exact) mass is 588 g/mol. The Labute approximate surface area is 247 Å². The largest absolute Gasteiger partial charge is 0.491 e. The summed E-state index contributed by atoms with van der Waals surface area (Å²) in [6, 6.07) is 2.34. The molecule has 8 heteroatoms. The van der Waals surface area contributed by atoms with Gasteiger partial charge in [0.05, 0.1) is 53.9 Å². The Hall–Kier alpha value is -1.32. The Bertz CT molecular complexity index is 1020. The maximum Gasteiger partial charge on any atom is 0.182 e. The standard InChI is InChI=1S/C30H40N2O2S4/c1-8-12-14-21(10-3)17-33-23-25-26(36-29(35-25)19(5)16-31)24(34-18-22(11-4)15-13-9-2)28-27(23)37-30(38-28)20(6)32-7/h21-22H,8-15,17-18H2,1-6H3. The predicted octanol–water partition coefficient (Wildman–Crippen LogP) is 11.1. The number of hydrogen-bond acceptors (Lipinski definition) is 7. The number of rotatable bonds is 14. The lowest BCUT2D eigenvalue weighted by molar-refractivity contribution is 0.210. The first-order chi connectivity index (χ1) is 18.4. The Morgan fingerprint density at radius 3 is 1.55 bits per heavy atom. The van der Waals surface area contributed by atoms with E-state index in [0.717, 1.165) is 58.0 Å². The summed E-state index contributed by atoms with van der Waals surface area (Å²) in [6.45, 7) is 21.7. The topological polar surface area (TPSA) is 46.6 Å². The minimum absolute atomic E-state index is 0.509. The second kappa shape index (κ2) is 15.5. The van der Waals surface area contributed by atoms with Crippen LogP contribution in [0.2, 0.25) is 0 Å². The number of fused-ring (bicyclic) bond motifs is 2. The van der Waals surface area contributed by atoms with E-state index in [9.17, 15) is 5.26 Å². The van der Waals surface area contributed by atoms with Crippen molar-refractivity contribution in [2.24, 2.45) is 11.8 Å². The van der Waals surface area contributed by atoms with Crippen molar-refractivity contribution in [3.63, 3.8) is 0 Å². The first-order valence-corrected chi connectivity index (χ1v) is 17.1. The summed E-state index contributed by atoms with van der Waals surface area (Å²) in [6.07, 6.45) is 9.31. The van der Waals surface area contributed by atoms with Crippen molar-refractivity contribution in [2.45, 2.75) is 112 Å². The van der Waals surface area contributed by atoms with Crippen LogP contribution in [0.5, 0.6) is 11.5 Å². The van der Waals surface area contributed by atoms with E-state index >= 15 is 0 Å². The van der Waals surface area contributed by atoms with E-state index in [4.69, 9.17) is 16.0 Å². The highest BCUT2D eigenvalue weighted by molar-refractivity contribution is 8.25. The molecule has 2 aliphatic rings. The SMILES string of the molecule is [C-]#[N+]C(C)=C1Sc2c(OCC(CC)CCCC)c3c(c(OCC(CC)CCCC)c2S1)SC(=C(C)C#N)S3. The normalized spacial score (nSPS) is 15.4. The average Bonchev–Trinajstić information content (AvgIpc) is 3.58. The zero-order chi connectivity index (χ0) is 27.7. The first-order valence-electron chi connectivity index (χ1n) is 13.8. The third kappa shape index (κ3) is 7.45. The van der Waals surface area contributed by atoms with E-state index in [-0.39, 0.29) is 0 Å². The number of allylic oxidation sites excluding steroid dienone is 2. The molecule has 0 N–H and O–H groups in total. The molecule has 2 atom stereocenters. The van der Waals surface area contributed by atoms with Gasteiger partial charge in [-0.1, -0.05) is 113 Å². The number of unbranched alkanes of at least 4 members (excludes halogenated alkanes) is 2. The van der Waals surface area contributed by atoms with Crippen LogP contribution in [-0.2, 0) is 0 Å². The van der Waals surface area contributed by atoms with E-state index < -0.39 is 0 Å². The molecule has 0 saturated heterocycles. The molecule has 2 heterocycles. The Morgan fingerprint density at radius 1 is 0.789 bits per heavy atom. The van der Waals surface area contributed by atoms with Crippen LogP contribution in [0.4, 0.5) is 0 Å². The molecular weight excluding hydrogens is 549 g/mol. The van der Waals surface area contributed by atoms with Crippen LogP contribution in [0.25, 0.3) is 4.85 Å². The number of nitrogens with zero attached hydrogens (tertiary/aromatic N) is 2. The van der Waals surface area contributed by atoms with Gasteiger partial charge in [0.15, 0.2) is 5.70 Å². The Morgan fingerprint density at radius 2 is 1.21 bits per heavy atom. The van der Waals surface area contributed by atoms with Crippen molar-refractivity contribution in [3.8, 4) is 17.6 Å². The van der Waals surface area contributed by atoms with Crippen LogP contribution in [0.1, 0.15) is 92.9 Å². The van der Waals surface area contributed by atoms with Gasteiger partial charge in [-0.05, 0) is 38.5 Å². The smallest absolute Gasteiger partial charge is 0.182 e. The zero-order valence-corrected chi connectivity index (χ0v) is 26.8. The van der Waals surface area contributed by atoms with Gasteiger partial charge in [-0.2, -0.15) is 5.26 Å². The van der Waals surface area contributed by atoms with Crippen molar-refractivity contribution >= 4 is 47.0 Å². The van der Waals surface area contributed by atoms with E-state index in [1.54, 1.807) is 47.0 Å². The van der Waals surface area contributed by atoms with Crippen LogP contribution in [0.3, 0.4) is 0 Å². The second-order valence-corrected chi connectivity index (χ2v) is 14.4. The Kier molecular flexibility index (Phi) is 12.7. The van der Waals surface area contributed by atoms with Gasteiger partial charge in [0, 0.05) is 5.57 Å². The van der Waals surface area contributed by atoms with Gasteiger partial charge in [-0.15, -0.1) is 0 Å². The van der Waals surface area contributed by atoms with Gasteiger partial charge >= 0.3 is 0 Å². The summed E-state index contributed by atoms with van der Waals surface area (Å²) < 4.78 is 15.4. The maximum atomic E-state index is 9.64. The third-order valence-electron chi connectivity index (χ3n) is 6.97. The van der Waals surface area contributed by atoms with Crippen LogP contribution in [-0.4, -0.2) is 13.2 Å². The van der Waals surface area contributed by atoms with Gasteiger partial charge in [-0.3, -0.25) is 0 Å². The van der Waals surface area contributed by atoms with Crippen molar-refractivity contribution in [3.05, 3.63) is 31.2 Å². The predicted molar refractivity (Wildman–Crippen MR) is 165 cm³/mol. The minimum Gasteiger partial charge on any atom is -0.491 e. The molecule has 2 aliphatic heterocycles. The van der Waals surface area contributed by atoms with Crippen LogP contribution >= 0.6 is 47.0 Å². The molecule has 1 aromatic carbocycles. The van der Waals surface area contributed by atoms with Crippen LogP contribution in [0.15, 0.2) is 39.3 Å². The van der Waals surface area contributed by atoms with Gasteiger partial charge in [0.1, 0.15) is 11.5 Å². The molecule has 206 valence electrons. The summed E-state index contributed by atoms with van der Waals surface area (Å²) in [5.41, 5.74) is 1.43. The molecule has 0 bridgehead atoms. The lowest BCUT2D eigenvalue weighted by atomic mass is 10.0. The van der Waals surface area contributed by atoms with Gasteiger partial charge in [-0.25, -0.2) is 4.85 Å². The molecule has 0 saturated carbocycles. The van der Waals surface area contributed by atoms with Crippen molar-refractivity contribution in [1.82, 2.24) is 0 Å². The van der Waals surface area contributed by atoms with Crippen molar-refractivity contribution in [2.75, 3.05) is 13.2 Å². The molecule has 2 unspecified atom stereocenters. The minimum atomic E-state index is 0.509. The summed E-state index contributed by atoms with van der Waals surface area (Å²) in [5, 5.41) is 9.64. The van der Waals surface area contributed by atoms with Crippen LogP contribution in [0, 0.1) is 29.7 Å². The second-order valence-electron chi connectivity index (χ2n) is 9.85. The molecule has 0 radical (unpaired) electrons. The van der Waals surface area contributed by atoms with E-state index in [1.807, 2.05) is 13.8 Å². The molecule has 0 aliphatic carbocycles. The molecule has 38 heavy (non-hydrogen) atoms. The lowest BCUT2D eigenvalue weighted by Crippen LogP contribution is -2.14. The van der Waals surface area contributed by atoms with Crippen molar-refractivity contribution < 1.29 is 9.47 Å². The van der Waals surface area contributed by atoms with Gasteiger partial charge in [0.2, 0.25) is 0 Å². The first kappa shape index (κ1) is 31.2. The number of nitriles is 1. The quantitative estimate of drug-likeness (QED) is 0.158. The van der Waals surface area contributed by atoms with E-state index in [1.165, 1.54) is 38.5 Å². The molecular formula is C30H40N2O2S4. The van der Waals surface area contributed by atoms with E-state index in [0.29, 0.717) is 30.7 Å². The maximum absolute atomic E-state index is 9.64. The van der Waals surface area contributed by atoms with Gasteiger partial charge in [0.25, 0.3) is 0 Å². The fourth-order valence-electron chi connectivity index (χ4n) is 4.25. The van der Waals surface area contributed by atoms with Crippen molar-refractivity contribution in [1.29, 1.82) is 5.26 Å². The highest BCUT2D eigenvalue weighted by atomic mass is 32.2. The van der Waals surface area contributed by atoms with Gasteiger partial charge < -0.3 is 9.47 Å². The summed E-state index contributed by atoms with van der Waals surface area (Å²) >= 11 is 6.56. The highest BCUT2D eigenvalue weighted by Gasteiger charge is 2.38. The molecule has 1 aromatic rings. The Balaban J connectivity index is 2.08. The molecule has 0 fully saturated rings. The highest BCUT2D eigenvalue weighted by Crippen LogP contribution is 2.68. The average molecular weight is 589 g/mol. The fourth-order valence-corrected chi connectivity index (χ4v) is 9.50. The number of hydrogen-bond donors (Lipinski definition) is 0. The lowest BCUT2D eigenvalue weighted by Gasteiger charge is -2.22. The summed E-state index contributed by atoms with van der Waals surface area (Å²) in [5.74, 6) is 2.82.